The fourth-order valence-electron chi connectivity index (χ4n) is 2.83. The van der Waals surface area contributed by atoms with E-state index in [4.69, 9.17) is 11.6 Å². The van der Waals surface area contributed by atoms with Crippen molar-refractivity contribution in [2.24, 2.45) is 5.92 Å². The average molecular weight is 375 g/mol. The number of nitrogens with zero attached hydrogens (tertiary/aromatic N) is 4. The molecule has 0 spiro atoms. The summed E-state index contributed by atoms with van der Waals surface area (Å²) in [5, 5.41) is 4.93. The van der Waals surface area contributed by atoms with Crippen LogP contribution in [0.3, 0.4) is 0 Å². The first-order chi connectivity index (χ1) is 11.8. The van der Waals surface area contributed by atoms with Gasteiger partial charge in [-0.1, -0.05) is 25.4 Å². The lowest BCUT2D eigenvalue weighted by Gasteiger charge is -2.33. The molecule has 1 aromatic rings. The van der Waals surface area contributed by atoms with E-state index in [0.29, 0.717) is 43.8 Å². The molecule has 1 amide bonds. The predicted molar refractivity (Wildman–Crippen MR) is 94.9 cm³/mol. The highest BCUT2D eigenvalue weighted by molar-refractivity contribution is 6.31. The standard InChI is InChI=1S/C17H25ClF2N4O/c1-12(2)10-24-17(18)14(13(3)21-24)4-5-16(25)23-8-6-22(7-9-23)11-15(19)20/h4-5,12,15H,6-11H2,1-3H3/b5-4+. The Morgan fingerprint density at radius 3 is 2.44 bits per heavy atom. The summed E-state index contributed by atoms with van der Waals surface area (Å²) >= 11 is 6.36. The Balaban J connectivity index is 1.96. The number of amides is 1. The molecule has 1 aromatic heterocycles. The van der Waals surface area contributed by atoms with Crippen LogP contribution in [0.5, 0.6) is 0 Å². The summed E-state index contributed by atoms with van der Waals surface area (Å²) in [5.74, 6) is 0.281. The number of hydrogen-bond donors (Lipinski definition) is 0. The zero-order valence-corrected chi connectivity index (χ0v) is 15.6. The minimum atomic E-state index is -2.34. The van der Waals surface area contributed by atoms with Crippen LogP contribution in [-0.2, 0) is 11.3 Å². The van der Waals surface area contributed by atoms with Crippen LogP contribution in [0.25, 0.3) is 6.08 Å². The summed E-state index contributed by atoms with van der Waals surface area (Å²) in [5.41, 5.74) is 1.52. The van der Waals surface area contributed by atoms with Gasteiger partial charge in [-0.15, -0.1) is 0 Å². The second-order valence-electron chi connectivity index (χ2n) is 6.72. The Morgan fingerprint density at radius 1 is 1.24 bits per heavy atom. The summed E-state index contributed by atoms with van der Waals surface area (Å²) in [6, 6.07) is 0. The van der Waals surface area contributed by atoms with Gasteiger partial charge in [0.2, 0.25) is 5.91 Å². The summed E-state index contributed by atoms with van der Waals surface area (Å²) < 4.78 is 26.5. The van der Waals surface area contributed by atoms with E-state index in [-0.39, 0.29) is 12.5 Å². The predicted octanol–water partition coefficient (Wildman–Crippen LogP) is 2.92. The molecule has 0 saturated carbocycles. The van der Waals surface area contributed by atoms with Gasteiger partial charge in [0.25, 0.3) is 6.43 Å². The van der Waals surface area contributed by atoms with E-state index in [1.54, 1.807) is 20.6 Å². The second-order valence-corrected chi connectivity index (χ2v) is 7.07. The molecule has 0 bridgehead atoms. The van der Waals surface area contributed by atoms with Crippen molar-refractivity contribution in [3.63, 3.8) is 0 Å². The smallest absolute Gasteiger partial charge is 0.251 e. The third kappa shape index (κ3) is 5.51. The third-order valence-electron chi connectivity index (χ3n) is 4.12. The lowest BCUT2D eigenvalue weighted by Crippen LogP contribution is -2.49. The molecular formula is C17H25ClF2N4O. The topological polar surface area (TPSA) is 41.4 Å². The van der Waals surface area contributed by atoms with Crippen molar-refractivity contribution in [1.82, 2.24) is 19.6 Å². The fraction of sp³-hybridized carbons (Fsp3) is 0.647. The van der Waals surface area contributed by atoms with Gasteiger partial charge < -0.3 is 4.90 Å². The van der Waals surface area contributed by atoms with E-state index in [1.165, 1.54) is 6.08 Å². The molecule has 0 aromatic carbocycles. The van der Waals surface area contributed by atoms with Crippen LogP contribution in [0.15, 0.2) is 6.08 Å². The maximum absolute atomic E-state index is 12.4. The number of aromatic nitrogens is 2. The summed E-state index contributed by atoms with van der Waals surface area (Å²) in [6.07, 6.45) is 0.836. The minimum absolute atomic E-state index is 0.135. The van der Waals surface area contributed by atoms with Crippen molar-refractivity contribution in [2.75, 3.05) is 32.7 Å². The molecular weight excluding hydrogens is 350 g/mol. The van der Waals surface area contributed by atoms with Gasteiger partial charge in [-0.25, -0.2) is 8.78 Å². The first-order valence-electron chi connectivity index (χ1n) is 8.48. The lowest BCUT2D eigenvalue weighted by molar-refractivity contribution is -0.127. The minimum Gasteiger partial charge on any atom is -0.337 e. The Hall–Kier alpha value is -1.47. The molecule has 1 saturated heterocycles. The number of carbonyl (C=O) groups excluding carboxylic acids is 1. The zero-order chi connectivity index (χ0) is 18.6. The molecule has 140 valence electrons. The number of piperazine rings is 1. The number of halogens is 3. The first kappa shape index (κ1) is 19.8. The highest BCUT2D eigenvalue weighted by atomic mass is 35.5. The van der Waals surface area contributed by atoms with E-state index in [9.17, 15) is 13.6 Å². The van der Waals surface area contributed by atoms with E-state index >= 15 is 0 Å². The highest BCUT2D eigenvalue weighted by Gasteiger charge is 2.22. The molecule has 1 aliphatic rings. The Kier molecular flexibility index (Phi) is 6.95. The van der Waals surface area contributed by atoms with E-state index < -0.39 is 6.43 Å². The molecule has 0 aliphatic carbocycles. The van der Waals surface area contributed by atoms with Crippen molar-refractivity contribution in [2.45, 2.75) is 33.7 Å². The van der Waals surface area contributed by atoms with Crippen molar-refractivity contribution in [3.05, 3.63) is 22.5 Å². The average Bonchev–Trinajstić information content (AvgIpc) is 2.78. The largest absolute Gasteiger partial charge is 0.337 e. The molecule has 5 nitrogen and oxygen atoms in total. The number of carbonyl (C=O) groups is 1. The maximum Gasteiger partial charge on any atom is 0.251 e. The van der Waals surface area contributed by atoms with Crippen molar-refractivity contribution < 1.29 is 13.6 Å². The molecule has 1 fully saturated rings. The SMILES string of the molecule is Cc1nn(CC(C)C)c(Cl)c1/C=C/C(=O)N1CCN(CC(F)F)CC1. The lowest BCUT2D eigenvalue weighted by atomic mass is 10.2. The van der Waals surface area contributed by atoms with Gasteiger partial charge in [-0.3, -0.25) is 14.4 Å². The second kappa shape index (κ2) is 8.76. The van der Waals surface area contributed by atoms with Crippen LogP contribution < -0.4 is 0 Å². The number of rotatable bonds is 6. The van der Waals surface area contributed by atoms with E-state index in [2.05, 4.69) is 18.9 Å². The Labute approximate surface area is 152 Å². The van der Waals surface area contributed by atoms with Gasteiger partial charge in [0.1, 0.15) is 5.15 Å². The van der Waals surface area contributed by atoms with Gasteiger partial charge in [0, 0.05) is 44.4 Å². The molecule has 0 unspecified atom stereocenters. The van der Waals surface area contributed by atoms with Gasteiger partial charge in [-0.2, -0.15) is 5.10 Å². The summed E-state index contributed by atoms with van der Waals surface area (Å²) in [7, 11) is 0. The van der Waals surface area contributed by atoms with Crippen LogP contribution in [0.4, 0.5) is 8.78 Å². The molecule has 25 heavy (non-hydrogen) atoms. The van der Waals surface area contributed by atoms with Gasteiger partial charge >= 0.3 is 0 Å². The van der Waals surface area contributed by atoms with E-state index in [1.807, 2.05) is 6.92 Å². The first-order valence-corrected chi connectivity index (χ1v) is 8.86. The fourth-order valence-corrected chi connectivity index (χ4v) is 3.14. The van der Waals surface area contributed by atoms with Crippen LogP contribution in [0.1, 0.15) is 25.1 Å². The molecule has 1 aliphatic heterocycles. The summed E-state index contributed by atoms with van der Waals surface area (Å²) in [6.45, 7) is 8.35. The van der Waals surface area contributed by atoms with Gasteiger partial charge in [0.05, 0.1) is 12.2 Å². The number of hydrogen-bond acceptors (Lipinski definition) is 3. The van der Waals surface area contributed by atoms with Crippen molar-refractivity contribution in [1.29, 1.82) is 0 Å². The third-order valence-corrected chi connectivity index (χ3v) is 4.52. The van der Waals surface area contributed by atoms with Crippen LogP contribution in [0.2, 0.25) is 5.15 Å². The molecule has 2 heterocycles. The van der Waals surface area contributed by atoms with Crippen LogP contribution in [0, 0.1) is 12.8 Å². The van der Waals surface area contributed by atoms with Gasteiger partial charge in [-0.05, 0) is 18.9 Å². The van der Waals surface area contributed by atoms with E-state index in [0.717, 1.165) is 11.3 Å². The van der Waals surface area contributed by atoms with Gasteiger partial charge in [0.15, 0.2) is 0 Å². The summed E-state index contributed by atoms with van der Waals surface area (Å²) in [4.78, 5) is 15.7. The monoisotopic (exact) mass is 374 g/mol. The Bertz CT molecular complexity index is 622. The molecule has 0 N–H and O–H groups in total. The molecule has 0 radical (unpaired) electrons. The van der Waals surface area contributed by atoms with Crippen LogP contribution in [-0.4, -0.2) is 64.6 Å². The van der Waals surface area contributed by atoms with Crippen molar-refractivity contribution >= 4 is 23.6 Å². The maximum atomic E-state index is 12.4. The molecule has 0 atom stereocenters. The van der Waals surface area contributed by atoms with Crippen LogP contribution >= 0.6 is 11.6 Å². The molecule has 8 heteroatoms. The zero-order valence-electron chi connectivity index (χ0n) is 14.9. The highest BCUT2D eigenvalue weighted by Crippen LogP contribution is 2.22. The Morgan fingerprint density at radius 2 is 1.88 bits per heavy atom. The molecule has 2 rings (SSSR count). The van der Waals surface area contributed by atoms with Crippen molar-refractivity contribution in [3.8, 4) is 0 Å². The quantitative estimate of drug-likeness (QED) is 0.719. The number of aryl methyl sites for hydroxylation is 1. The normalized spacial score (nSPS) is 16.6. The number of alkyl halides is 2.